The van der Waals surface area contributed by atoms with E-state index in [4.69, 9.17) is 4.74 Å². The number of rotatable bonds is 3. The summed E-state index contributed by atoms with van der Waals surface area (Å²) >= 11 is 3.59. The van der Waals surface area contributed by atoms with Crippen LogP contribution in [0.2, 0.25) is 0 Å². The van der Waals surface area contributed by atoms with Crippen molar-refractivity contribution in [3.63, 3.8) is 0 Å². The van der Waals surface area contributed by atoms with Crippen molar-refractivity contribution in [3.8, 4) is 5.75 Å². The quantitative estimate of drug-likeness (QED) is 0.580. The number of nitrogens with zero attached hydrogens (tertiary/aromatic N) is 1. The lowest BCUT2D eigenvalue weighted by molar-refractivity contribution is -0.115. The van der Waals surface area contributed by atoms with Crippen LogP contribution in [-0.4, -0.2) is 18.2 Å². The van der Waals surface area contributed by atoms with Crippen molar-refractivity contribution in [2.75, 3.05) is 7.11 Å². The lowest BCUT2D eigenvalue weighted by atomic mass is 10.2. The molecule has 116 valence electrons. The zero-order chi connectivity index (χ0) is 16.2. The van der Waals surface area contributed by atoms with Crippen LogP contribution in [0.1, 0.15) is 5.56 Å². The number of carbonyl (C=O) groups excluding carboxylic acids is 1. The summed E-state index contributed by atoms with van der Waals surface area (Å²) in [5.74, 6) is 0.650. The van der Waals surface area contributed by atoms with Gasteiger partial charge in [0.1, 0.15) is 5.75 Å². The third-order valence-electron chi connectivity index (χ3n) is 3.10. The molecule has 1 heterocycles. The molecule has 1 fully saturated rings. The third-order valence-corrected chi connectivity index (χ3v) is 4.68. The summed E-state index contributed by atoms with van der Waals surface area (Å²) in [6.45, 7) is 0. The number of halogens is 1. The number of aliphatic imine (C=N–C) groups is 1. The molecule has 3 rings (SSSR count). The van der Waals surface area contributed by atoms with Gasteiger partial charge in [-0.3, -0.25) is 4.79 Å². The summed E-state index contributed by atoms with van der Waals surface area (Å²) in [4.78, 5) is 17.1. The number of hydrogen-bond acceptors (Lipinski definition) is 4. The summed E-state index contributed by atoms with van der Waals surface area (Å²) in [5.41, 5.74) is 1.77. The summed E-state index contributed by atoms with van der Waals surface area (Å²) in [7, 11) is 1.62. The van der Waals surface area contributed by atoms with E-state index in [1.54, 1.807) is 7.11 Å². The molecule has 0 spiro atoms. The minimum absolute atomic E-state index is 0.124. The molecule has 1 aliphatic rings. The van der Waals surface area contributed by atoms with Gasteiger partial charge in [-0.2, -0.15) is 0 Å². The largest absolute Gasteiger partial charge is 0.497 e. The summed E-state index contributed by atoms with van der Waals surface area (Å²) in [6.07, 6.45) is 1.87. The number of amidine groups is 1. The molecular weight excluding hydrogens is 423 g/mol. The van der Waals surface area contributed by atoms with Crippen LogP contribution in [-0.2, 0) is 4.79 Å². The predicted molar refractivity (Wildman–Crippen MR) is 103 cm³/mol. The lowest BCUT2D eigenvalue weighted by Gasteiger charge is -1.99. The van der Waals surface area contributed by atoms with Crippen LogP contribution in [0.3, 0.4) is 0 Å². The van der Waals surface area contributed by atoms with Crippen molar-refractivity contribution in [1.29, 1.82) is 0 Å². The van der Waals surface area contributed by atoms with Crippen LogP contribution in [0.4, 0.5) is 5.69 Å². The van der Waals surface area contributed by atoms with Gasteiger partial charge >= 0.3 is 0 Å². The summed E-state index contributed by atoms with van der Waals surface area (Å²) < 4.78 is 6.25. The maximum Gasteiger partial charge on any atom is 0.264 e. The number of amides is 1. The molecule has 0 saturated carbocycles. The van der Waals surface area contributed by atoms with E-state index in [0.29, 0.717) is 10.1 Å². The summed E-state index contributed by atoms with van der Waals surface area (Å²) in [5, 5.41) is 3.37. The van der Waals surface area contributed by atoms with Gasteiger partial charge in [0, 0.05) is 3.57 Å². The predicted octanol–water partition coefficient (Wildman–Crippen LogP) is 4.19. The molecule has 0 aliphatic carbocycles. The fourth-order valence-electron chi connectivity index (χ4n) is 2.00. The second-order valence-electron chi connectivity index (χ2n) is 4.73. The van der Waals surface area contributed by atoms with Crippen LogP contribution in [0.15, 0.2) is 58.4 Å². The average Bonchev–Trinajstić information content (AvgIpc) is 2.87. The Morgan fingerprint density at radius 3 is 2.70 bits per heavy atom. The van der Waals surface area contributed by atoms with Crippen molar-refractivity contribution < 1.29 is 9.53 Å². The molecule has 0 aromatic heterocycles. The Hall–Kier alpha value is -1.80. The maximum absolute atomic E-state index is 12.1. The molecule has 23 heavy (non-hydrogen) atoms. The van der Waals surface area contributed by atoms with Gasteiger partial charge in [0.15, 0.2) is 5.17 Å². The molecule has 0 bridgehead atoms. The molecule has 1 saturated heterocycles. The fraction of sp³-hybridized carbons (Fsp3) is 0.0588. The lowest BCUT2D eigenvalue weighted by Crippen LogP contribution is -2.19. The van der Waals surface area contributed by atoms with Crippen LogP contribution >= 0.6 is 34.4 Å². The third kappa shape index (κ3) is 4.14. The van der Waals surface area contributed by atoms with E-state index in [0.717, 1.165) is 20.6 Å². The number of benzene rings is 2. The highest BCUT2D eigenvalue weighted by Gasteiger charge is 2.23. The number of ether oxygens (including phenoxy) is 1. The van der Waals surface area contributed by atoms with E-state index in [-0.39, 0.29) is 5.91 Å². The van der Waals surface area contributed by atoms with Crippen LogP contribution < -0.4 is 10.1 Å². The Morgan fingerprint density at radius 2 is 2.00 bits per heavy atom. The van der Waals surface area contributed by atoms with Gasteiger partial charge in [-0.1, -0.05) is 12.1 Å². The van der Waals surface area contributed by atoms with Gasteiger partial charge in [0.05, 0.1) is 17.7 Å². The average molecular weight is 436 g/mol. The Kier molecular flexibility index (Phi) is 5.02. The Bertz CT molecular complexity index is 800. The van der Waals surface area contributed by atoms with Gasteiger partial charge in [-0.25, -0.2) is 4.99 Å². The van der Waals surface area contributed by atoms with E-state index >= 15 is 0 Å². The SMILES string of the molecule is COc1ccc(N=C2NC(=O)C(=Cc3cccc(I)c3)S2)cc1. The Balaban J connectivity index is 1.80. The highest BCUT2D eigenvalue weighted by molar-refractivity contribution is 14.1. The molecule has 1 N–H and O–H groups in total. The smallest absolute Gasteiger partial charge is 0.264 e. The van der Waals surface area contributed by atoms with Crippen molar-refractivity contribution in [1.82, 2.24) is 5.32 Å². The number of carbonyl (C=O) groups is 1. The summed E-state index contributed by atoms with van der Waals surface area (Å²) in [6, 6.07) is 15.4. The zero-order valence-corrected chi connectivity index (χ0v) is 15.2. The van der Waals surface area contributed by atoms with Gasteiger partial charge in [0.25, 0.3) is 5.91 Å². The van der Waals surface area contributed by atoms with E-state index in [1.807, 2.05) is 54.6 Å². The Morgan fingerprint density at radius 1 is 1.22 bits per heavy atom. The minimum atomic E-state index is -0.124. The van der Waals surface area contributed by atoms with E-state index in [9.17, 15) is 4.79 Å². The van der Waals surface area contributed by atoms with E-state index in [1.165, 1.54) is 11.8 Å². The number of methoxy groups -OCH3 is 1. The zero-order valence-electron chi connectivity index (χ0n) is 12.2. The number of thioether (sulfide) groups is 1. The standard InChI is InChI=1S/C17H13IN2O2S/c1-22-14-7-5-13(6-8-14)19-17-20-16(21)15(23-17)10-11-3-2-4-12(18)9-11/h2-10H,1H3,(H,19,20,21). The second kappa shape index (κ2) is 7.18. The fourth-order valence-corrected chi connectivity index (χ4v) is 3.41. The van der Waals surface area contributed by atoms with Crippen LogP contribution in [0, 0.1) is 3.57 Å². The van der Waals surface area contributed by atoms with Gasteiger partial charge < -0.3 is 10.1 Å². The van der Waals surface area contributed by atoms with Crippen molar-refractivity contribution in [3.05, 3.63) is 62.6 Å². The van der Waals surface area contributed by atoms with E-state index < -0.39 is 0 Å². The second-order valence-corrected chi connectivity index (χ2v) is 7.01. The first-order valence-corrected chi connectivity index (χ1v) is 8.73. The number of nitrogens with one attached hydrogen (secondary N) is 1. The molecule has 1 aliphatic heterocycles. The first kappa shape index (κ1) is 16.1. The van der Waals surface area contributed by atoms with Gasteiger partial charge in [-0.15, -0.1) is 0 Å². The van der Waals surface area contributed by atoms with Crippen molar-refractivity contribution in [2.45, 2.75) is 0 Å². The molecule has 0 atom stereocenters. The minimum Gasteiger partial charge on any atom is -0.497 e. The first-order valence-electron chi connectivity index (χ1n) is 6.83. The topological polar surface area (TPSA) is 50.7 Å². The monoisotopic (exact) mass is 436 g/mol. The van der Waals surface area contributed by atoms with Crippen molar-refractivity contribution in [2.24, 2.45) is 4.99 Å². The molecule has 2 aromatic carbocycles. The molecule has 0 unspecified atom stereocenters. The van der Waals surface area contributed by atoms with Gasteiger partial charge in [-0.05, 0) is 82.4 Å². The normalized spacial score (nSPS) is 17.6. The molecule has 1 amide bonds. The highest BCUT2D eigenvalue weighted by Crippen LogP contribution is 2.28. The molecule has 2 aromatic rings. The van der Waals surface area contributed by atoms with Crippen LogP contribution in [0.25, 0.3) is 6.08 Å². The molecule has 4 nitrogen and oxygen atoms in total. The molecule has 0 radical (unpaired) electrons. The first-order chi connectivity index (χ1) is 11.1. The number of hydrogen-bond donors (Lipinski definition) is 1. The molecular formula is C17H13IN2O2S. The molecule has 6 heteroatoms. The maximum atomic E-state index is 12.1. The Labute approximate surface area is 152 Å². The van der Waals surface area contributed by atoms with E-state index in [2.05, 4.69) is 32.9 Å². The van der Waals surface area contributed by atoms with Gasteiger partial charge in [0.2, 0.25) is 0 Å². The van der Waals surface area contributed by atoms with Crippen LogP contribution in [0.5, 0.6) is 5.75 Å². The highest BCUT2D eigenvalue weighted by atomic mass is 127. The van der Waals surface area contributed by atoms with Crippen molar-refractivity contribution >= 4 is 57.2 Å².